The summed E-state index contributed by atoms with van der Waals surface area (Å²) in [6, 6.07) is 0. The number of hydrogen-bond acceptors (Lipinski definition) is 2. The minimum absolute atomic E-state index is 0.0821. The summed E-state index contributed by atoms with van der Waals surface area (Å²) in [4.78, 5) is 10.4. The lowest BCUT2D eigenvalue weighted by atomic mass is 9.93. The van der Waals surface area contributed by atoms with Crippen LogP contribution in [-0.4, -0.2) is 17.4 Å². The first-order valence-corrected chi connectivity index (χ1v) is 4.56. The molecule has 0 spiro atoms. The van der Waals surface area contributed by atoms with Gasteiger partial charge in [0.1, 0.15) is 6.29 Å². The van der Waals surface area contributed by atoms with Gasteiger partial charge in [-0.1, -0.05) is 6.92 Å². The molecule has 0 rings (SSSR count). The molecule has 0 bridgehead atoms. The molecule has 0 aromatic carbocycles. The van der Waals surface area contributed by atoms with Gasteiger partial charge in [0.05, 0.1) is 0 Å². The van der Waals surface area contributed by atoms with E-state index < -0.39 is 0 Å². The fourth-order valence-corrected chi connectivity index (χ4v) is 1.26. The zero-order chi connectivity index (χ0) is 9.83. The van der Waals surface area contributed by atoms with Gasteiger partial charge in [0.25, 0.3) is 0 Å². The Morgan fingerprint density at radius 2 is 1.67 bits per heavy atom. The maximum absolute atomic E-state index is 10.4. The standard InChI is InChI=1S/C10H21NO/c1-6-9(2,3)11-10(4,5)7-8-12/h8,11H,6-7H2,1-5H3. The summed E-state index contributed by atoms with van der Waals surface area (Å²) in [5.74, 6) is 0. The van der Waals surface area contributed by atoms with Crippen LogP contribution in [0.4, 0.5) is 0 Å². The van der Waals surface area contributed by atoms with Gasteiger partial charge in [-0.05, 0) is 34.1 Å². The van der Waals surface area contributed by atoms with Crippen molar-refractivity contribution in [2.75, 3.05) is 0 Å². The van der Waals surface area contributed by atoms with Gasteiger partial charge in [-0.3, -0.25) is 0 Å². The molecule has 1 N–H and O–H groups in total. The lowest BCUT2D eigenvalue weighted by Crippen LogP contribution is -2.51. The second-order valence-electron chi connectivity index (χ2n) is 4.62. The molecular weight excluding hydrogens is 150 g/mol. The Hall–Kier alpha value is -0.370. The van der Waals surface area contributed by atoms with E-state index in [-0.39, 0.29) is 11.1 Å². The van der Waals surface area contributed by atoms with Crippen molar-refractivity contribution in [3.8, 4) is 0 Å². The third-order valence-corrected chi connectivity index (χ3v) is 2.15. The molecule has 12 heavy (non-hydrogen) atoms. The first-order chi connectivity index (χ1) is 5.33. The summed E-state index contributed by atoms with van der Waals surface area (Å²) >= 11 is 0. The van der Waals surface area contributed by atoms with Crippen LogP contribution in [0.2, 0.25) is 0 Å². The summed E-state index contributed by atoms with van der Waals surface area (Å²) in [7, 11) is 0. The number of nitrogens with one attached hydrogen (secondary N) is 1. The van der Waals surface area contributed by atoms with Crippen LogP contribution in [0.25, 0.3) is 0 Å². The fourth-order valence-electron chi connectivity index (χ4n) is 1.26. The fraction of sp³-hybridized carbons (Fsp3) is 0.900. The van der Waals surface area contributed by atoms with E-state index in [0.29, 0.717) is 6.42 Å². The molecule has 0 heterocycles. The molecule has 0 aliphatic carbocycles. The van der Waals surface area contributed by atoms with Crippen LogP contribution in [0.3, 0.4) is 0 Å². The maximum Gasteiger partial charge on any atom is 0.121 e. The van der Waals surface area contributed by atoms with Gasteiger partial charge in [-0.15, -0.1) is 0 Å². The number of carbonyl (C=O) groups excluding carboxylic acids is 1. The number of hydrogen-bond donors (Lipinski definition) is 1. The van der Waals surface area contributed by atoms with Crippen molar-refractivity contribution < 1.29 is 4.79 Å². The molecule has 0 fully saturated rings. The molecule has 0 unspecified atom stereocenters. The third kappa shape index (κ3) is 4.50. The summed E-state index contributed by atoms with van der Waals surface area (Å²) in [6.45, 7) is 10.6. The molecule has 0 atom stereocenters. The van der Waals surface area contributed by atoms with Crippen molar-refractivity contribution in [2.24, 2.45) is 0 Å². The molecule has 2 heteroatoms. The Bertz CT molecular complexity index is 150. The summed E-state index contributed by atoms with van der Waals surface area (Å²) < 4.78 is 0. The predicted octanol–water partition coefficient (Wildman–Crippen LogP) is 2.13. The van der Waals surface area contributed by atoms with Gasteiger partial charge in [-0.25, -0.2) is 0 Å². The highest BCUT2D eigenvalue weighted by Crippen LogP contribution is 2.15. The van der Waals surface area contributed by atoms with E-state index in [1.165, 1.54) is 0 Å². The van der Waals surface area contributed by atoms with Crippen LogP contribution in [-0.2, 0) is 4.79 Å². The highest BCUT2D eigenvalue weighted by Gasteiger charge is 2.25. The molecule has 0 amide bonds. The van der Waals surface area contributed by atoms with Crippen molar-refractivity contribution >= 4 is 6.29 Å². The normalized spacial score (nSPS) is 13.1. The van der Waals surface area contributed by atoms with Crippen LogP contribution in [0.1, 0.15) is 47.5 Å². The second-order valence-corrected chi connectivity index (χ2v) is 4.62. The van der Waals surface area contributed by atoms with E-state index in [4.69, 9.17) is 0 Å². The quantitative estimate of drug-likeness (QED) is 0.642. The molecular formula is C10H21NO. The zero-order valence-corrected chi connectivity index (χ0v) is 8.90. The van der Waals surface area contributed by atoms with E-state index in [2.05, 4.69) is 39.9 Å². The second kappa shape index (κ2) is 4.04. The molecule has 2 nitrogen and oxygen atoms in total. The largest absolute Gasteiger partial charge is 0.306 e. The van der Waals surface area contributed by atoms with Gasteiger partial charge >= 0.3 is 0 Å². The summed E-state index contributed by atoms with van der Waals surface area (Å²) in [5.41, 5.74) is 0.0355. The number of aldehydes is 1. The van der Waals surface area contributed by atoms with E-state index >= 15 is 0 Å². The summed E-state index contributed by atoms with van der Waals surface area (Å²) in [5, 5.41) is 3.45. The molecule has 72 valence electrons. The third-order valence-electron chi connectivity index (χ3n) is 2.15. The summed E-state index contributed by atoms with van der Waals surface area (Å²) in [6.07, 6.45) is 2.60. The molecule has 0 saturated heterocycles. The number of carbonyl (C=O) groups is 1. The Balaban J connectivity index is 4.12. The minimum atomic E-state index is -0.0821. The lowest BCUT2D eigenvalue weighted by Gasteiger charge is -2.35. The minimum Gasteiger partial charge on any atom is -0.306 e. The van der Waals surface area contributed by atoms with Crippen LogP contribution < -0.4 is 5.32 Å². The van der Waals surface area contributed by atoms with Crippen molar-refractivity contribution in [3.63, 3.8) is 0 Å². The van der Waals surface area contributed by atoms with Crippen LogP contribution in [0.15, 0.2) is 0 Å². The first kappa shape index (κ1) is 11.6. The average Bonchev–Trinajstić information content (AvgIpc) is 1.85. The average molecular weight is 171 g/mol. The smallest absolute Gasteiger partial charge is 0.121 e. The van der Waals surface area contributed by atoms with Crippen molar-refractivity contribution in [1.29, 1.82) is 0 Å². The molecule has 0 aliphatic heterocycles. The van der Waals surface area contributed by atoms with Crippen LogP contribution in [0, 0.1) is 0 Å². The zero-order valence-electron chi connectivity index (χ0n) is 8.90. The molecule has 0 saturated carbocycles. The van der Waals surface area contributed by atoms with Gasteiger partial charge < -0.3 is 10.1 Å². The number of rotatable bonds is 5. The SMILES string of the molecule is CCC(C)(C)NC(C)(C)CC=O. The Labute approximate surface area is 75.7 Å². The molecule has 0 aromatic rings. The highest BCUT2D eigenvalue weighted by atomic mass is 16.1. The first-order valence-electron chi connectivity index (χ1n) is 4.56. The molecule has 0 radical (unpaired) electrons. The van der Waals surface area contributed by atoms with E-state index in [1.807, 2.05) is 0 Å². The Morgan fingerprint density at radius 3 is 2.00 bits per heavy atom. The van der Waals surface area contributed by atoms with Crippen LogP contribution in [0.5, 0.6) is 0 Å². The Kier molecular flexibility index (Phi) is 3.91. The van der Waals surface area contributed by atoms with Crippen molar-refractivity contribution in [1.82, 2.24) is 5.32 Å². The highest BCUT2D eigenvalue weighted by molar-refractivity contribution is 5.51. The Morgan fingerprint density at radius 1 is 1.17 bits per heavy atom. The molecule has 0 aliphatic rings. The van der Waals surface area contributed by atoms with Gasteiger partial charge in [-0.2, -0.15) is 0 Å². The van der Waals surface area contributed by atoms with Gasteiger partial charge in [0, 0.05) is 17.5 Å². The van der Waals surface area contributed by atoms with Gasteiger partial charge in [0.15, 0.2) is 0 Å². The van der Waals surface area contributed by atoms with Crippen molar-refractivity contribution in [2.45, 2.75) is 58.5 Å². The predicted molar refractivity (Wildman–Crippen MR) is 52.3 cm³/mol. The van der Waals surface area contributed by atoms with E-state index in [0.717, 1.165) is 12.7 Å². The lowest BCUT2D eigenvalue weighted by molar-refractivity contribution is -0.109. The topological polar surface area (TPSA) is 29.1 Å². The maximum atomic E-state index is 10.4. The van der Waals surface area contributed by atoms with Gasteiger partial charge in [0.2, 0.25) is 0 Å². The molecule has 0 aromatic heterocycles. The van der Waals surface area contributed by atoms with E-state index in [1.54, 1.807) is 0 Å². The van der Waals surface area contributed by atoms with Crippen LogP contribution >= 0.6 is 0 Å². The monoisotopic (exact) mass is 171 g/mol. The van der Waals surface area contributed by atoms with Crippen molar-refractivity contribution in [3.05, 3.63) is 0 Å². The van der Waals surface area contributed by atoms with E-state index in [9.17, 15) is 4.79 Å².